The molecule has 1 amide bonds. The van der Waals surface area contributed by atoms with E-state index in [0.717, 1.165) is 50.9 Å². The summed E-state index contributed by atoms with van der Waals surface area (Å²) >= 11 is 0. The van der Waals surface area contributed by atoms with Gasteiger partial charge in [0.2, 0.25) is 5.91 Å². The van der Waals surface area contributed by atoms with Gasteiger partial charge in [-0.1, -0.05) is 51.9 Å². The first-order valence-electron chi connectivity index (χ1n) is 11.3. The van der Waals surface area contributed by atoms with Gasteiger partial charge in [-0.25, -0.2) is 0 Å². The van der Waals surface area contributed by atoms with Crippen molar-refractivity contribution < 1.29 is 4.79 Å². The molecule has 2 saturated carbocycles. The zero-order chi connectivity index (χ0) is 19.7. The number of amides is 1. The van der Waals surface area contributed by atoms with Gasteiger partial charge in [0.1, 0.15) is 0 Å². The fraction of sp³-hybridized carbons (Fsp3) is 0.909. The van der Waals surface area contributed by atoms with Crippen molar-refractivity contribution >= 4 is 12.2 Å². The Balaban J connectivity index is 1.99. The summed E-state index contributed by atoms with van der Waals surface area (Å²) in [5, 5.41) is 11.2. The number of nitrogens with two attached hydrogens (primary N) is 1. The minimum Gasteiger partial charge on any atom is -0.317 e. The van der Waals surface area contributed by atoms with Gasteiger partial charge in [0.25, 0.3) is 0 Å². The molecular formula is C22H42N4O. The third-order valence-electron chi connectivity index (χ3n) is 6.78. The average Bonchev–Trinajstić information content (AvgIpc) is 2.70. The molecule has 2 aliphatic carbocycles. The van der Waals surface area contributed by atoms with Crippen LogP contribution in [0.2, 0.25) is 0 Å². The normalized spacial score (nSPS) is 26.3. The molecule has 5 nitrogen and oxygen atoms in total. The van der Waals surface area contributed by atoms with E-state index < -0.39 is 5.54 Å². The van der Waals surface area contributed by atoms with E-state index in [1.165, 1.54) is 56.3 Å². The summed E-state index contributed by atoms with van der Waals surface area (Å²) in [6.45, 7) is 3.28. The van der Waals surface area contributed by atoms with Crippen molar-refractivity contribution in [3.05, 3.63) is 0 Å². The second-order valence-corrected chi connectivity index (χ2v) is 9.13. The van der Waals surface area contributed by atoms with Crippen LogP contribution in [0.1, 0.15) is 90.4 Å². The Morgan fingerprint density at radius 2 is 1.89 bits per heavy atom. The van der Waals surface area contributed by atoms with Gasteiger partial charge in [-0.15, -0.1) is 0 Å². The van der Waals surface area contributed by atoms with E-state index in [1.54, 1.807) is 7.05 Å². The molecule has 0 unspecified atom stereocenters. The third-order valence-corrected chi connectivity index (χ3v) is 6.78. The van der Waals surface area contributed by atoms with Gasteiger partial charge in [0, 0.05) is 13.1 Å². The number of carbonyl (C=O) groups is 1. The molecule has 3 atom stereocenters. The van der Waals surface area contributed by atoms with Crippen molar-refractivity contribution in [1.29, 1.82) is 5.41 Å². The second kappa shape index (κ2) is 11.2. The number of hydrogen-bond acceptors (Lipinski definition) is 4. The van der Waals surface area contributed by atoms with Gasteiger partial charge in [-0.3, -0.25) is 10.2 Å². The number of nitrogens with zero attached hydrogens (tertiary/aromatic N) is 1. The maximum atomic E-state index is 13.0. The molecule has 0 radical (unpaired) electrons. The molecule has 156 valence electrons. The number of nitrogens with one attached hydrogen (secondary N) is 2. The first-order valence-corrected chi connectivity index (χ1v) is 11.3. The van der Waals surface area contributed by atoms with Crippen LogP contribution in [0.15, 0.2) is 0 Å². The smallest absolute Gasteiger partial charge is 0.247 e. The predicted octanol–water partition coefficient (Wildman–Crippen LogP) is 4.06. The molecule has 0 aromatic carbocycles. The van der Waals surface area contributed by atoms with Crippen LogP contribution in [0.3, 0.4) is 0 Å². The summed E-state index contributed by atoms with van der Waals surface area (Å²) in [5.41, 5.74) is 5.98. The third kappa shape index (κ3) is 6.86. The quantitative estimate of drug-likeness (QED) is 0.396. The molecule has 4 N–H and O–H groups in total. The minimum absolute atomic E-state index is 0.0723. The van der Waals surface area contributed by atoms with E-state index in [9.17, 15) is 4.79 Å². The molecule has 0 bridgehead atoms. The summed E-state index contributed by atoms with van der Waals surface area (Å²) in [4.78, 5) is 14.4. The van der Waals surface area contributed by atoms with E-state index in [4.69, 9.17) is 11.1 Å². The van der Waals surface area contributed by atoms with Crippen molar-refractivity contribution in [2.45, 2.75) is 102 Å². The summed E-state index contributed by atoms with van der Waals surface area (Å²) in [7, 11) is 1.67. The van der Waals surface area contributed by atoms with Crippen LogP contribution in [0.5, 0.6) is 0 Å². The Hall–Kier alpha value is -0.940. The molecule has 27 heavy (non-hydrogen) atoms. The van der Waals surface area contributed by atoms with Gasteiger partial charge in [-0.2, -0.15) is 0 Å². The fourth-order valence-electron chi connectivity index (χ4n) is 5.17. The maximum Gasteiger partial charge on any atom is 0.247 e. The lowest BCUT2D eigenvalue weighted by molar-refractivity contribution is -0.133. The fourth-order valence-corrected chi connectivity index (χ4v) is 5.17. The van der Waals surface area contributed by atoms with Gasteiger partial charge in [0.05, 0.1) is 11.9 Å². The molecule has 5 heteroatoms. The lowest BCUT2D eigenvalue weighted by Crippen LogP contribution is -2.55. The molecule has 0 heterocycles. The largest absolute Gasteiger partial charge is 0.317 e. The number of carbonyl (C=O) groups excluding carboxylic acids is 1. The van der Waals surface area contributed by atoms with Crippen LogP contribution in [0.4, 0.5) is 0 Å². The van der Waals surface area contributed by atoms with E-state index >= 15 is 0 Å². The van der Waals surface area contributed by atoms with Crippen LogP contribution in [0, 0.1) is 17.2 Å². The standard InChI is InChI=1S/C22H42N4O/c1-3-14-25-20-11-7-10-19(15-20)16-22(24,21(27)26(2)17-23)13-12-18-8-5-4-6-9-18/h17-20,23,25H,3-16,24H2,1-2H3/t19-,20+,22-/m1/s1. The Kier molecular flexibility index (Phi) is 9.24. The average molecular weight is 379 g/mol. The molecule has 0 saturated heterocycles. The number of likely N-dealkylation sites (N-methyl/N-ethyl adjacent to an activating group) is 1. The molecular weight excluding hydrogens is 336 g/mol. The van der Waals surface area contributed by atoms with Crippen molar-refractivity contribution in [2.75, 3.05) is 13.6 Å². The van der Waals surface area contributed by atoms with Crippen molar-refractivity contribution in [3.8, 4) is 0 Å². The second-order valence-electron chi connectivity index (χ2n) is 9.13. The van der Waals surface area contributed by atoms with Crippen LogP contribution in [-0.2, 0) is 4.79 Å². The van der Waals surface area contributed by atoms with Crippen LogP contribution >= 0.6 is 0 Å². The summed E-state index contributed by atoms with van der Waals surface area (Å²) in [5.74, 6) is 1.16. The highest BCUT2D eigenvalue weighted by Crippen LogP contribution is 2.35. The monoisotopic (exact) mass is 378 g/mol. The first kappa shape index (κ1) is 22.4. The highest BCUT2D eigenvalue weighted by atomic mass is 16.2. The summed E-state index contributed by atoms with van der Waals surface area (Å²) < 4.78 is 0. The van der Waals surface area contributed by atoms with E-state index in [0.29, 0.717) is 12.0 Å². The topological polar surface area (TPSA) is 82.2 Å². The lowest BCUT2D eigenvalue weighted by Gasteiger charge is -2.38. The van der Waals surface area contributed by atoms with E-state index in [1.807, 2.05) is 0 Å². The SMILES string of the molecule is CCCN[C@H]1CCC[C@@H](C[C@](N)(CCC2CCCCC2)C(=O)N(C)C=N)C1. The molecule has 2 rings (SSSR count). The molecule has 0 aromatic rings. The zero-order valence-corrected chi connectivity index (χ0v) is 17.6. The molecule has 0 aliphatic heterocycles. The van der Waals surface area contributed by atoms with Gasteiger partial charge in [0.15, 0.2) is 0 Å². The Morgan fingerprint density at radius 1 is 1.19 bits per heavy atom. The number of hydrogen-bond donors (Lipinski definition) is 3. The molecule has 2 fully saturated rings. The summed E-state index contributed by atoms with van der Waals surface area (Å²) in [6, 6.07) is 0.571. The van der Waals surface area contributed by atoms with E-state index in [-0.39, 0.29) is 5.91 Å². The van der Waals surface area contributed by atoms with Crippen molar-refractivity contribution in [3.63, 3.8) is 0 Å². The highest BCUT2D eigenvalue weighted by molar-refractivity contribution is 5.93. The van der Waals surface area contributed by atoms with Crippen LogP contribution < -0.4 is 11.1 Å². The van der Waals surface area contributed by atoms with Gasteiger partial charge < -0.3 is 16.0 Å². The van der Waals surface area contributed by atoms with Gasteiger partial charge >= 0.3 is 0 Å². The minimum atomic E-state index is -0.818. The van der Waals surface area contributed by atoms with Crippen LogP contribution in [0.25, 0.3) is 0 Å². The molecule has 0 aromatic heterocycles. The maximum absolute atomic E-state index is 13.0. The predicted molar refractivity (Wildman–Crippen MR) is 113 cm³/mol. The molecule has 0 spiro atoms. The Bertz CT molecular complexity index is 463. The number of rotatable bonds is 10. The lowest BCUT2D eigenvalue weighted by atomic mass is 9.74. The summed E-state index contributed by atoms with van der Waals surface area (Å²) in [6.07, 6.45) is 16.2. The van der Waals surface area contributed by atoms with Gasteiger partial charge in [-0.05, 0) is 56.9 Å². The van der Waals surface area contributed by atoms with Crippen molar-refractivity contribution in [1.82, 2.24) is 10.2 Å². The van der Waals surface area contributed by atoms with Crippen molar-refractivity contribution in [2.24, 2.45) is 17.6 Å². The zero-order valence-electron chi connectivity index (χ0n) is 17.6. The van der Waals surface area contributed by atoms with E-state index in [2.05, 4.69) is 12.2 Å². The Morgan fingerprint density at radius 3 is 2.56 bits per heavy atom. The van der Waals surface area contributed by atoms with Crippen LogP contribution in [-0.4, -0.2) is 42.3 Å². The Labute approximate surface area is 166 Å². The highest BCUT2D eigenvalue weighted by Gasteiger charge is 2.39. The first-order chi connectivity index (χ1) is 13.0. The molecule has 2 aliphatic rings.